The summed E-state index contributed by atoms with van der Waals surface area (Å²) < 4.78 is 1.82. The number of hydrogen-bond donors (Lipinski definition) is 1. The Balaban J connectivity index is 2.08. The van der Waals surface area contributed by atoms with E-state index in [4.69, 9.17) is 0 Å². The molecular formula is C19H18N4O. The van der Waals surface area contributed by atoms with Gasteiger partial charge in [-0.05, 0) is 37.1 Å². The van der Waals surface area contributed by atoms with Crippen LogP contribution in [0, 0.1) is 18.3 Å². The number of para-hydroxylation sites is 1. The zero-order valence-corrected chi connectivity index (χ0v) is 13.7. The van der Waals surface area contributed by atoms with Crippen LogP contribution in [0.5, 0.6) is 0 Å². The molecule has 1 N–H and O–H groups in total. The molecule has 0 atom stereocenters. The van der Waals surface area contributed by atoms with Gasteiger partial charge in [-0.2, -0.15) is 5.26 Å². The third-order valence-electron chi connectivity index (χ3n) is 3.91. The van der Waals surface area contributed by atoms with Crippen LogP contribution in [0.4, 0.5) is 5.69 Å². The fourth-order valence-corrected chi connectivity index (χ4v) is 2.77. The summed E-state index contributed by atoms with van der Waals surface area (Å²) in [6.45, 7) is 4.04. The topological polar surface area (TPSA) is 70.2 Å². The van der Waals surface area contributed by atoms with Crippen molar-refractivity contribution in [3.8, 4) is 6.07 Å². The predicted molar refractivity (Wildman–Crippen MR) is 93.0 cm³/mol. The molecule has 24 heavy (non-hydrogen) atoms. The van der Waals surface area contributed by atoms with Crippen LogP contribution in [-0.2, 0) is 6.42 Å². The van der Waals surface area contributed by atoms with E-state index in [2.05, 4.69) is 23.3 Å². The molecule has 3 aromatic rings. The lowest BCUT2D eigenvalue weighted by Crippen LogP contribution is -2.17. The highest BCUT2D eigenvalue weighted by molar-refractivity contribution is 6.05. The van der Waals surface area contributed by atoms with Crippen molar-refractivity contribution in [3.05, 3.63) is 65.1 Å². The molecule has 5 heteroatoms. The Morgan fingerprint density at radius 1 is 1.29 bits per heavy atom. The van der Waals surface area contributed by atoms with Gasteiger partial charge in [0.15, 0.2) is 0 Å². The molecular weight excluding hydrogens is 300 g/mol. The lowest BCUT2D eigenvalue weighted by molar-refractivity contribution is 0.102. The molecule has 3 rings (SSSR count). The number of nitrogens with one attached hydrogen (secondary N) is 1. The molecule has 1 amide bonds. The summed E-state index contributed by atoms with van der Waals surface area (Å²) in [5, 5.41) is 12.0. The maximum Gasteiger partial charge on any atom is 0.274 e. The Morgan fingerprint density at radius 2 is 2.08 bits per heavy atom. The fraction of sp³-hybridized carbons (Fsp3) is 0.211. The van der Waals surface area contributed by atoms with Gasteiger partial charge in [0.2, 0.25) is 0 Å². The van der Waals surface area contributed by atoms with Crippen molar-refractivity contribution >= 4 is 17.2 Å². The molecule has 0 aliphatic heterocycles. The second-order valence-electron chi connectivity index (χ2n) is 5.65. The van der Waals surface area contributed by atoms with Gasteiger partial charge in [0.05, 0.1) is 16.9 Å². The number of carbonyl (C=O) groups is 1. The summed E-state index contributed by atoms with van der Waals surface area (Å²) in [6, 6.07) is 12.9. The lowest BCUT2D eigenvalue weighted by atomic mass is 10.1. The number of aromatic nitrogens is 2. The van der Waals surface area contributed by atoms with E-state index in [-0.39, 0.29) is 5.91 Å². The maximum atomic E-state index is 12.9. The third kappa shape index (κ3) is 2.74. The normalized spacial score (nSPS) is 10.5. The van der Waals surface area contributed by atoms with E-state index < -0.39 is 0 Å². The number of pyridine rings is 1. The average Bonchev–Trinajstić information content (AvgIpc) is 2.95. The minimum absolute atomic E-state index is 0.251. The van der Waals surface area contributed by atoms with Crippen LogP contribution in [0.15, 0.2) is 42.6 Å². The molecule has 0 fully saturated rings. The first-order valence-corrected chi connectivity index (χ1v) is 7.92. The molecule has 120 valence electrons. The zero-order chi connectivity index (χ0) is 17.1. The largest absolute Gasteiger partial charge is 0.319 e. The Labute approximate surface area is 140 Å². The molecule has 0 aliphatic rings. The summed E-state index contributed by atoms with van der Waals surface area (Å²) in [6.07, 6.45) is 3.47. The first kappa shape index (κ1) is 15.8. The number of nitrogens with zero attached hydrogens (tertiary/aromatic N) is 3. The number of anilines is 1. The van der Waals surface area contributed by atoms with Crippen molar-refractivity contribution in [1.82, 2.24) is 9.38 Å². The standard InChI is InChI=1S/C19H18N4O/c1-3-7-16-17(23-11-6-8-13(2)18(23)21-16)19(24)22-15-10-5-4-9-14(15)12-20/h4-6,8-11H,3,7H2,1-2H3,(H,22,24). The molecule has 5 nitrogen and oxygen atoms in total. The SMILES string of the molecule is CCCc1nc2c(C)cccn2c1C(=O)Nc1ccccc1C#N. The maximum absolute atomic E-state index is 12.9. The Bertz CT molecular complexity index is 950. The van der Waals surface area contributed by atoms with Crippen LogP contribution in [-0.4, -0.2) is 15.3 Å². The monoisotopic (exact) mass is 318 g/mol. The summed E-state index contributed by atoms with van der Waals surface area (Å²) in [5.74, 6) is -0.251. The second-order valence-corrected chi connectivity index (χ2v) is 5.65. The van der Waals surface area contributed by atoms with Gasteiger partial charge in [-0.25, -0.2) is 4.98 Å². The quantitative estimate of drug-likeness (QED) is 0.797. The Kier molecular flexibility index (Phi) is 4.30. The van der Waals surface area contributed by atoms with E-state index in [9.17, 15) is 10.1 Å². The smallest absolute Gasteiger partial charge is 0.274 e. The van der Waals surface area contributed by atoms with E-state index in [0.717, 1.165) is 29.7 Å². The number of amides is 1. The van der Waals surface area contributed by atoms with Crippen molar-refractivity contribution < 1.29 is 4.79 Å². The number of hydrogen-bond acceptors (Lipinski definition) is 3. The highest BCUT2D eigenvalue weighted by Gasteiger charge is 2.20. The molecule has 0 saturated carbocycles. The summed E-state index contributed by atoms with van der Waals surface area (Å²) in [5.41, 5.74) is 4.07. The van der Waals surface area contributed by atoms with Crippen molar-refractivity contribution in [2.75, 3.05) is 5.32 Å². The molecule has 2 heterocycles. The van der Waals surface area contributed by atoms with E-state index in [1.165, 1.54) is 0 Å². The average molecular weight is 318 g/mol. The fourth-order valence-electron chi connectivity index (χ4n) is 2.77. The first-order valence-electron chi connectivity index (χ1n) is 7.92. The molecule has 2 aromatic heterocycles. The summed E-state index contributed by atoms with van der Waals surface area (Å²) >= 11 is 0. The number of aryl methyl sites for hydroxylation is 2. The molecule has 0 unspecified atom stereocenters. The number of nitriles is 1. The van der Waals surface area contributed by atoms with Gasteiger partial charge in [-0.1, -0.05) is 31.5 Å². The van der Waals surface area contributed by atoms with Gasteiger partial charge < -0.3 is 5.32 Å². The van der Waals surface area contributed by atoms with Crippen LogP contribution in [0.2, 0.25) is 0 Å². The van der Waals surface area contributed by atoms with E-state index in [0.29, 0.717) is 16.9 Å². The summed E-state index contributed by atoms with van der Waals surface area (Å²) in [7, 11) is 0. The van der Waals surface area contributed by atoms with Crippen LogP contribution in [0.3, 0.4) is 0 Å². The Morgan fingerprint density at radius 3 is 2.83 bits per heavy atom. The van der Waals surface area contributed by atoms with Crippen LogP contribution < -0.4 is 5.32 Å². The summed E-state index contributed by atoms with van der Waals surface area (Å²) in [4.78, 5) is 17.5. The molecule has 0 radical (unpaired) electrons. The minimum Gasteiger partial charge on any atom is -0.319 e. The van der Waals surface area contributed by atoms with Gasteiger partial charge in [0.1, 0.15) is 17.4 Å². The number of fused-ring (bicyclic) bond motifs is 1. The Hall–Kier alpha value is -3.13. The predicted octanol–water partition coefficient (Wildman–Crippen LogP) is 3.72. The molecule has 0 bridgehead atoms. The molecule has 1 aromatic carbocycles. The zero-order valence-electron chi connectivity index (χ0n) is 13.7. The number of benzene rings is 1. The van der Waals surface area contributed by atoms with Gasteiger partial charge in [-0.15, -0.1) is 0 Å². The van der Waals surface area contributed by atoms with Crippen molar-refractivity contribution in [2.45, 2.75) is 26.7 Å². The van der Waals surface area contributed by atoms with Crippen molar-refractivity contribution in [3.63, 3.8) is 0 Å². The lowest BCUT2D eigenvalue weighted by Gasteiger charge is -2.08. The highest BCUT2D eigenvalue weighted by Crippen LogP contribution is 2.20. The first-order chi connectivity index (χ1) is 11.7. The van der Waals surface area contributed by atoms with Crippen LogP contribution in [0.1, 0.15) is 40.7 Å². The highest BCUT2D eigenvalue weighted by atomic mass is 16.2. The van der Waals surface area contributed by atoms with Gasteiger partial charge in [-0.3, -0.25) is 9.20 Å². The third-order valence-corrected chi connectivity index (χ3v) is 3.91. The van der Waals surface area contributed by atoms with Crippen molar-refractivity contribution in [2.24, 2.45) is 0 Å². The molecule has 0 saturated heterocycles. The minimum atomic E-state index is -0.251. The van der Waals surface area contributed by atoms with Gasteiger partial charge in [0, 0.05) is 6.20 Å². The van der Waals surface area contributed by atoms with E-state index in [1.807, 2.05) is 29.7 Å². The molecule has 0 spiro atoms. The number of carbonyl (C=O) groups excluding carboxylic acids is 1. The van der Waals surface area contributed by atoms with Gasteiger partial charge >= 0.3 is 0 Å². The van der Waals surface area contributed by atoms with E-state index in [1.54, 1.807) is 24.3 Å². The second kappa shape index (κ2) is 6.55. The van der Waals surface area contributed by atoms with Crippen LogP contribution in [0.25, 0.3) is 5.65 Å². The van der Waals surface area contributed by atoms with Crippen LogP contribution >= 0.6 is 0 Å². The van der Waals surface area contributed by atoms with Gasteiger partial charge in [0.25, 0.3) is 5.91 Å². The molecule has 0 aliphatic carbocycles. The van der Waals surface area contributed by atoms with Crippen molar-refractivity contribution in [1.29, 1.82) is 5.26 Å². The number of rotatable bonds is 4. The van der Waals surface area contributed by atoms with E-state index >= 15 is 0 Å². The number of imidazole rings is 1.